The first kappa shape index (κ1) is 9.82. The van der Waals surface area contributed by atoms with E-state index in [1.165, 1.54) is 18.2 Å². The molecule has 0 saturated heterocycles. The molecule has 0 N–H and O–H groups in total. The minimum Gasteiger partial charge on any atom is -0.491 e. The fourth-order valence-corrected chi connectivity index (χ4v) is 1.02. The Morgan fingerprint density at radius 3 is 2.92 bits per heavy atom. The van der Waals surface area contributed by atoms with E-state index in [-0.39, 0.29) is 18.1 Å². The van der Waals surface area contributed by atoms with Gasteiger partial charge in [-0.3, -0.25) is 0 Å². The van der Waals surface area contributed by atoms with Gasteiger partial charge in [-0.25, -0.2) is 4.39 Å². The molecule has 1 aromatic rings. The van der Waals surface area contributed by atoms with Crippen LogP contribution in [0.1, 0.15) is 6.42 Å². The van der Waals surface area contributed by atoms with E-state index in [0.29, 0.717) is 5.75 Å². The fraction of sp³-hybridized carbons (Fsp3) is 0.222. The number of nitrogens with zero attached hydrogens (tertiary/aromatic N) is 1. The van der Waals surface area contributed by atoms with Crippen molar-refractivity contribution < 1.29 is 9.13 Å². The summed E-state index contributed by atoms with van der Waals surface area (Å²) >= 11 is 5.66. The average molecular weight is 200 g/mol. The topological polar surface area (TPSA) is 33.0 Å². The summed E-state index contributed by atoms with van der Waals surface area (Å²) in [6.07, 6.45) is 0.285. The highest BCUT2D eigenvalue weighted by molar-refractivity contribution is 6.32. The van der Waals surface area contributed by atoms with Gasteiger partial charge in [-0.05, 0) is 18.2 Å². The lowest BCUT2D eigenvalue weighted by Gasteiger charge is -2.04. The quantitative estimate of drug-likeness (QED) is 0.702. The molecule has 2 nitrogen and oxygen atoms in total. The number of hydrogen-bond acceptors (Lipinski definition) is 2. The summed E-state index contributed by atoms with van der Waals surface area (Å²) in [5, 5.41) is 8.46. The summed E-state index contributed by atoms with van der Waals surface area (Å²) in [6, 6.07) is 5.79. The first-order chi connectivity index (χ1) is 6.24. The highest BCUT2D eigenvalue weighted by atomic mass is 35.5. The van der Waals surface area contributed by atoms with Crippen LogP contribution in [0, 0.1) is 17.1 Å². The van der Waals surface area contributed by atoms with Gasteiger partial charge in [0, 0.05) is 0 Å². The Morgan fingerprint density at radius 2 is 2.31 bits per heavy atom. The number of hydrogen-bond donors (Lipinski definition) is 0. The minimum atomic E-state index is -0.405. The molecule has 0 radical (unpaired) electrons. The van der Waals surface area contributed by atoms with Gasteiger partial charge < -0.3 is 4.74 Å². The summed E-state index contributed by atoms with van der Waals surface area (Å²) < 4.78 is 17.7. The molecular formula is C9H7ClFNO. The minimum absolute atomic E-state index is 0.220. The Hall–Kier alpha value is -1.27. The monoisotopic (exact) mass is 199 g/mol. The highest BCUT2D eigenvalue weighted by Crippen LogP contribution is 2.24. The third kappa shape index (κ3) is 2.92. The molecule has 0 bridgehead atoms. The number of rotatable bonds is 3. The van der Waals surface area contributed by atoms with Crippen LogP contribution in [0.5, 0.6) is 5.75 Å². The first-order valence-electron chi connectivity index (χ1n) is 3.69. The second kappa shape index (κ2) is 4.68. The van der Waals surface area contributed by atoms with Crippen LogP contribution in [0.3, 0.4) is 0 Å². The van der Waals surface area contributed by atoms with Crippen LogP contribution in [0.4, 0.5) is 4.39 Å². The molecule has 68 valence electrons. The predicted octanol–water partition coefficient (Wildman–Crippen LogP) is 2.77. The van der Waals surface area contributed by atoms with Crippen LogP contribution in [0.15, 0.2) is 18.2 Å². The lowest BCUT2D eigenvalue weighted by atomic mass is 10.3. The summed E-state index contributed by atoms with van der Waals surface area (Å²) in [5.74, 6) is -0.00375. The summed E-state index contributed by atoms with van der Waals surface area (Å²) in [4.78, 5) is 0. The maximum absolute atomic E-state index is 12.5. The largest absolute Gasteiger partial charge is 0.491 e. The molecule has 0 aliphatic carbocycles. The van der Waals surface area contributed by atoms with Gasteiger partial charge in [-0.1, -0.05) is 11.6 Å². The third-order valence-corrected chi connectivity index (χ3v) is 1.66. The number of ether oxygens (including phenoxy) is 1. The normalized spacial score (nSPS) is 9.31. The van der Waals surface area contributed by atoms with Crippen molar-refractivity contribution in [2.75, 3.05) is 6.61 Å². The van der Waals surface area contributed by atoms with E-state index in [9.17, 15) is 4.39 Å². The highest BCUT2D eigenvalue weighted by Gasteiger charge is 2.01. The smallest absolute Gasteiger partial charge is 0.138 e. The molecule has 0 aliphatic heterocycles. The molecule has 1 aromatic carbocycles. The van der Waals surface area contributed by atoms with Crippen LogP contribution < -0.4 is 4.74 Å². The number of halogens is 2. The van der Waals surface area contributed by atoms with Gasteiger partial charge in [0.25, 0.3) is 0 Å². The Bertz CT molecular complexity index is 335. The van der Waals surface area contributed by atoms with Crippen LogP contribution >= 0.6 is 11.6 Å². The second-order valence-electron chi connectivity index (χ2n) is 2.33. The molecule has 13 heavy (non-hydrogen) atoms. The Balaban J connectivity index is 2.62. The fourth-order valence-electron chi connectivity index (χ4n) is 0.799. The predicted molar refractivity (Wildman–Crippen MR) is 47.1 cm³/mol. The van der Waals surface area contributed by atoms with Gasteiger partial charge in [0.2, 0.25) is 0 Å². The van der Waals surface area contributed by atoms with E-state index in [1.54, 1.807) is 0 Å². The molecule has 0 atom stereocenters. The second-order valence-corrected chi connectivity index (χ2v) is 2.74. The average Bonchev–Trinajstić information content (AvgIpc) is 2.09. The molecule has 1 rings (SSSR count). The molecule has 0 heterocycles. The Labute approximate surface area is 80.5 Å². The van der Waals surface area contributed by atoms with Crippen LogP contribution in [-0.4, -0.2) is 6.61 Å². The van der Waals surface area contributed by atoms with Crippen LogP contribution in [0.2, 0.25) is 5.02 Å². The van der Waals surface area contributed by atoms with E-state index in [4.69, 9.17) is 21.6 Å². The summed E-state index contributed by atoms with van der Waals surface area (Å²) in [5.41, 5.74) is 0. The Morgan fingerprint density at radius 1 is 1.54 bits per heavy atom. The zero-order chi connectivity index (χ0) is 9.68. The molecule has 0 amide bonds. The third-order valence-electron chi connectivity index (χ3n) is 1.37. The molecule has 0 saturated carbocycles. The molecule has 0 spiro atoms. The van der Waals surface area contributed by atoms with Gasteiger partial charge in [-0.2, -0.15) is 5.26 Å². The van der Waals surface area contributed by atoms with Gasteiger partial charge in [0.05, 0.1) is 17.5 Å². The van der Waals surface area contributed by atoms with Gasteiger partial charge in [0.1, 0.15) is 18.2 Å². The zero-order valence-corrected chi connectivity index (χ0v) is 7.51. The lowest BCUT2D eigenvalue weighted by molar-refractivity contribution is 0.326. The maximum Gasteiger partial charge on any atom is 0.138 e. The van der Waals surface area contributed by atoms with Crippen molar-refractivity contribution in [1.82, 2.24) is 0 Å². The maximum atomic E-state index is 12.5. The zero-order valence-electron chi connectivity index (χ0n) is 6.76. The molecule has 0 aliphatic rings. The molecular weight excluding hydrogens is 193 g/mol. The van der Waals surface area contributed by atoms with E-state index in [2.05, 4.69) is 0 Å². The summed E-state index contributed by atoms with van der Waals surface area (Å²) in [6.45, 7) is 0.266. The van der Waals surface area contributed by atoms with Gasteiger partial charge in [-0.15, -0.1) is 0 Å². The van der Waals surface area contributed by atoms with Crippen molar-refractivity contribution in [2.24, 2.45) is 0 Å². The molecule has 0 aromatic heterocycles. The van der Waals surface area contributed by atoms with Crippen LogP contribution in [0.25, 0.3) is 0 Å². The SMILES string of the molecule is N#CCCOc1ccc(F)cc1Cl. The standard InChI is InChI=1S/C9H7ClFNO/c10-8-6-7(11)2-3-9(8)13-5-1-4-12/h2-3,6H,1,5H2. The van der Waals surface area contributed by atoms with Crippen molar-refractivity contribution in [3.63, 3.8) is 0 Å². The summed E-state index contributed by atoms with van der Waals surface area (Å²) in [7, 11) is 0. The van der Waals surface area contributed by atoms with Crippen LogP contribution in [-0.2, 0) is 0 Å². The van der Waals surface area contributed by atoms with Gasteiger partial charge >= 0.3 is 0 Å². The van der Waals surface area contributed by atoms with Crippen molar-refractivity contribution in [3.05, 3.63) is 29.0 Å². The number of benzene rings is 1. The Kier molecular flexibility index (Phi) is 3.53. The first-order valence-corrected chi connectivity index (χ1v) is 4.06. The van der Waals surface area contributed by atoms with Crippen molar-refractivity contribution in [1.29, 1.82) is 5.26 Å². The van der Waals surface area contributed by atoms with E-state index < -0.39 is 5.82 Å². The van der Waals surface area contributed by atoms with Crippen molar-refractivity contribution >= 4 is 11.6 Å². The lowest BCUT2D eigenvalue weighted by Crippen LogP contribution is -1.96. The van der Waals surface area contributed by atoms with Gasteiger partial charge in [0.15, 0.2) is 0 Å². The van der Waals surface area contributed by atoms with Crippen molar-refractivity contribution in [2.45, 2.75) is 6.42 Å². The van der Waals surface area contributed by atoms with Crippen molar-refractivity contribution in [3.8, 4) is 11.8 Å². The molecule has 0 unspecified atom stereocenters. The van der Waals surface area contributed by atoms with E-state index in [0.717, 1.165) is 0 Å². The number of nitriles is 1. The van der Waals surface area contributed by atoms with E-state index >= 15 is 0 Å². The molecule has 0 fully saturated rings. The molecule has 4 heteroatoms. The van der Waals surface area contributed by atoms with E-state index in [1.807, 2.05) is 6.07 Å².